The Morgan fingerprint density at radius 2 is 2.04 bits per heavy atom. The van der Waals surface area contributed by atoms with E-state index in [4.69, 9.17) is 9.26 Å². The molecule has 0 radical (unpaired) electrons. The Labute approximate surface area is 152 Å². The van der Waals surface area contributed by atoms with Crippen molar-refractivity contribution in [2.75, 3.05) is 20.2 Å². The lowest BCUT2D eigenvalue weighted by molar-refractivity contribution is 0.245. The van der Waals surface area contributed by atoms with Crippen molar-refractivity contribution in [3.8, 4) is 17.1 Å². The molecular weight excluding hydrogens is 328 g/mol. The van der Waals surface area contributed by atoms with Gasteiger partial charge in [-0.1, -0.05) is 23.4 Å². The molecule has 132 valence electrons. The fourth-order valence-corrected chi connectivity index (χ4v) is 3.04. The second-order valence-electron chi connectivity index (χ2n) is 6.20. The van der Waals surface area contributed by atoms with Gasteiger partial charge in [-0.15, -0.1) is 0 Å². The second-order valence-corrected chi connectivity index (χ2v) is 6.20. The number of rotatable bonds is 5. The highest BCUT2D eigenvalue weighted by molar-refractivity contribution is 5.67. The van der Waals surface area contributed by atoms with Gasteiger partial charge in [0.2, 0.25) is 11.7 Å². The largest absolute Gasteiger partial charge is 0.497 e. The van der Waals surface area contributed by atoms with E-state index in [2.05, 4.69) is 38.2 Å². The summed E-state index contributed by atoms with van der Waals surface area (Å²) in [5.41, 5.74) is 3.48. The first-order chi connectivity index (χ1) is 12.8. The molecule has 0 amide bonds. The molecular formula is C20H20N4O2. The quantitative estimate of drug-likeness (QED) is 0.704. The zero-order valence-electron chi connectivity index (χ0n) is 14.6. The first kappa shape index (κ1) is 16.5. The molecule has 0 N–H and O–H groups in total. The predicted molar refractivity (Wildman–Crippen MR) is 98.4 cm³/mol. The first-order valence-corrected chi connectivity index (χ1v) is 8.60. The van der Waals surface area contributed by atoms with Crippen LogP contribution in [-0.2, 0) is 6.54 Å². The fraction of sp³-hybridized carbons (Fsp3) is 0.250. The van der Waals surface area contributed by atoms with Gasteiger partial charge in [0.1, 0.15) is 5.75 Å². The molecule has 0 atom stereocenters. The van der Waals surface area contributed by atoms with Gasteiger partial charge in [-0.25, -0.2) is 0 Å². The number of aromatic nitrogens is 3. The third kappa shape index (κ3) is 3.65. The highest BCUT2D eigenvalue weighted by Gasteiger charge is 2.17. The molecule has 0 saturated heterocycles. The van der Waals surface area contributed by atoms with Crippen molar-refractivity contribution >= 4 is 5.57 Å². The van der Waals surface area contributed by atoms with E-state index in [1.807, 2.05) is 24.3 Å². The lowest BCUT2D eigenvalue weighted by atomic mass is 9.99. The molecule has 3 aromatic rings. The number of hydrogen-bond acceptors (Lipinski definition) is 6. The molecule has 0 fully saturated rings. The number of pyridine rings is 1. The van der Waals surface area contributed by atoms with E-state index in [0.717, 1.165) is 30.8 Å². The maximum absolute atomic E-state index is 5.39. The van der Waals surface area contributed by atoms with Gasteiger partial charge in [-0.3, -0.25) is 9.88 Å². The van der Waals surface area contributed by atoms with Crippen LogP contribution in [0.4, 0.5) is 0 Å². The monoisotopic (exact) mass is 348 g/mol. The number of methoxy groups -OCH3 is 1. The molecule has 0 unspecified atom stereocenters. The molecule has 6 heteroatoms. The van der Waals surface area contributed by atoms with Crippen LogP contribution in [0.15, 0.2) is 59.4 Å². The second kappa shape index (κ2) is 7.49. The molecule has 0 aliphatic carbocycles. The van der Waals surface area contributed by atoms with Crippen LogP contribution >= 0.6 is 0 Å². The third-order valence-corrected chi connectivity index (χ3v) is 4.50. The van der Waals surface area contributed by atoms with Gasteiger partial charge in [0.05, 0.1) is 13.7 Å². The number of benzene rings is 1. The van der Waals surface area contributed by atoms with Crippen molar-refractivity contribution in [3.05, 3.63) is 66.3 Å². The maximum atomic E-state index is 5.39. The normalized spacial score (nSPS) is 14.9. The van der Waals surface area contributed by atoms with Gasteiger partial charge in [-0.05, 0) is 41.8 Å². The van der Waals surface area contributed by atoms with Crippen LogP contribution in [0.2, 0.25) is 0 Å². The number of hydrogen-bond donors (Lipinski definition) is 0. The average Bonchev–Trinajstić information content (AvgIpc) is 3.18. The fourth-order valence-electron chi connectivity index (χ4n) is 3.04. The molecule has 0 saturated carbocycles. The van der Waals surface area contributed by atoms with Crippen LogP contribution < -0.4 is 4.74 Å². The van der Waals surface area contributed by atoms with Crippen LogP contribution in [0.3, 0.4) is 0 Å². The first-order valence-electron chi connectivity index (χ1n) is 8.60. The van der Waals surface area contributed by atoms with Crippen LogP contribution in [-0.4, -0.2) is 40.2 Å². The van der Waals surface area contributed by atoms with Crippen molar-refractivity contribution in [1.82, 2.24) is 20.0 Å². The Bertz CT molecular complexity index is 888. The minimum Gasteiger partial charge on any atom is -0.497 e. The standard InChI is InChI=1S/C20H20N4O2/c1-25-18-6-4-15(5-7-18)16-8-11-24(12-9-16)14-19-22-20(23-26-19)17-3-2-10-21-13-17/h2-8,10,13H,9,11-12,14H2,1H3. The molecule has 0 spiro atoms. The van der Waals surface area contributed by atoms with E-state index >= 15 is 0 Å². The SMILES string of the molecule is COc1ccc(C2=CCN(Cc3nc(-c4cccnc4)no3)CC2)cc1. The Morgan fingerprint density at radius 1 is 1.15 bits per heavy atom. The van der Waals surface area contributed by atoms with Crippen molar-refractivity contribution in [3.63, 3.8) is 0 Å². The van der Waals surface area contributed by atoms with E-state index in [-0.39, 0.29) is 0 Å². The topological polar surface area (TPSA) is 64.3 Å². The Kier molecular flexibility index (Phi) is 4.75. The minimum atomic E-state index is 0.583. The average molecular weight is 348 g/mol. The lowest BCUT2D eigenvalue weighted by Crippen LogP contribution is -2.28. The summed E-state index contributed by atoms with van der Waals surface area (Å²) >= 11 is 0. The van der Waals surface area contributed by atoms with Crippen molar-refractivity contribution in [1.29, 1.82) is 0 Å². The molecule has 1 aliphatic rings. The Balaban J connectivity index is 1.39. The van der Waals surface area contributed by atoms with Crippen molar-refractivity contribution < 1.29 is 9.26 Å². The number of nitrogens with zero attached hydrogens (tertiary/aromatic N) is 4. The molecule has 4 rings (SSSR count). The Hall–Kier alpha value is -2.99. The zero-order valence-corrected chi connectivity index (χ0v) is 14.6. The van der Waals surface area contributed by atoms with Crippen LogP contribution in [0.1, 0.15) is 17.9 Å². The van der Waals surface area contributed by atoms with Crippen molar-refractivity contribution in [2.24, 2.45) is 0 Å². The van der Waals surface area contributed by atoms with Crippen LogP contribution in [0, 0.1) is 0 Å². The molecule has 6 nitrogen and oxygen atoms in total. The Morgan fingerprint density at radius 3 is 2.73 bits per heavy atom. The smallest absolute Gasteiger partial charge is 0.241 e. The summed E-state index contributed by atoms with van der Waals surface area (Å²) < 4.78 is 10.6. The lowest BCUT2D eigenvalue weighted by Gasteiger charge is -2.25. The highest BCUT2D eigenvalue weighted by Crippen LogP contribution is 2.25. The van der Waals surface area contributed by atoms with Gasteiger partial charge in [0, 0.05) is 31.0 Å². The van der Waals surface area contributed by atoms with E-state index in [1.165, 1.54) is 11.1 Å². The van der Waals surface area contributed by atoms with Gasteiger partial charge < -0.3 is 9.26 Å². The van der Waals surface area contributed by atoms with Gasteiger partial charge in [-0.2, -0.15) is 4.98 Å². The molecule has 1 aromatic carbocycles. The minimum absolute atomic E-state index is 0.583. The maximum Gasteiger partial charge on any atom is 0.241 e. The van der Waals surface area contributed by atoms with Crippen LogP contribution in [0.25, 0.3) is 17.0 Å². The summed E-state index contributed by atoms with van der Waals surface area (Å²) in [5, 5.41) is 4.05. The predicted octanol–water partition coefficient (Wildman–Crippen LogP) is 3.43. The van der Waals surface area contributed by atoms with Crippen molar-refractivity contribution in [2.45, 2.75) is 13.0 Å². The highest BCUT2D eigenvalue weighted by atomic mass is 16.5. The molecule has 2 aromatic heterocycles. The zero-order chi connectivity index (χ0) is 17.8. The van der Waals surface area contributed by atoms with Gasteiger partial charge in [0.25, 0.3) is 0 Å². The summed E-state index contributed by atoms with van der Waals surface area (Å²) in [7, 11) is 1.68. The van der Waals surface area contributed by atoms with E-state index < -0.39 is 0 Å². The third-order valence-electron chi connectivity index (χ3n) is 4.50. The van der Waals surface area contributed by atoms with E-state index in [1.54, 1.807) is 19.5 Å². The van der Waals surface area contributed by atoms with E-state index in [0.29, 0.717) is 18.3 Å². The summed E-state index contributed by atoms with van der Waals surface area (Å²) in [6, 6.07) is 12.0. The summed E-state index contributed by atoms with van der Waals surface area (Å²) in [4.78, 5) is 10.9. The van der Waals surface area contributed by atoms with Gasteiger partial charge in [0.15, 0.2) is 0 Å². The molecule has 0 bridgehead atoms. The molecule has 1 aliphatic heterocycles. The summed E-state index contributed by atoms with van der Waals surface area (Å²) in [6.07, 6.45) is 6.73. The molecule has 26 heavy (non-hydrogen) atoms. The summed E-state index contributed by atoms with van der Waals surface area (Å²) in [6.45, 7) is 2.48. The number of ether oxygens (including phenoxy) is 1. The van der Waals surface area contributed by atoms with E-state index in [9.17, 15) is 0 Å². The molecule has 3 heterocycles. The van der Waals surface area contributed by atoms with Gasteiger partial charge >= 0.3 is 0 Å². The van der Waals surface area contributed by atoms with Crippen LogP contribution in [0.5, 0.6) is 5.75 Å². The summed E-state index contributed by atoms with van der Waals surface area (Å²) in [5.74, 6) is 2.09.